The van der Waals surface area contributed by atoms with Crippen LogP contribution in [0.3, 0.4) is 0 Å². The number of Topliss-reactive ketones (excluding diaryl/α,β-unsaturated/α-hetero) is 1. The van der Waals surface area contributed by atoms with Crippen molar-refractivity contribution >= 4 is 11.8 Å². The molecule has 0 saturated heterocycles. The number of halogens is 3. The molecule has 0 atom stereocenters. The van der Waals surface area contributed by atoms with Crippen LogP contribution in [0.5, 0.6) is 0 Å². The molecule has 0 bridgehead atoms. The molecule has 3 nitrogen and oxygen atoms in total. The second-order valence-electron chi connectivity index (χ2n) is 3.26. The fourth-order valence-electron chi connectivity index (χ4n) is 1.24. The van der Waals surface area contributed by atoms with E-state index in [4.69, 9.17) is 0 Å². The van der Waals surface area contributed by atoms with Gasteiger partial charge in [0.25, 0.3) is 5.78 Å². The summed E-state index contributed by atoms with van der Waals surface area (Å²) in [6, 6.07) is 4.03. The largest absolute Gasteiger partial charge is 0.455 e. The van der Waals surface area contributed by atoms with E-state index < -0.39 is 29.1 Å². The number of carbonyl (C=O) groups excluding carboxylic acids is 2. The van der Waals surface area contributed by atoms with Gasteiger partial charge >= 0.3 is 12.1 Å². The molecule has 18 heavy (non-hydrogen) atoms. The molecular weight excluding hydrogens is 249 g/mol. The molecule has 0 fully saturated rings. The summed E-state index contributed by atoms with van der Waals surface area (Å²) in [6.07, 6.45) is -3.49. The highest BCUT2D eigenvalue weighted by atomic mass is 19.4. The van der Waals surface area contributed by atoms with E-state index in [2.05, 4.69) is 11.3 Å². The number of benzene rings is 1. The quantitative estimate of drug-likeness (QED) is 0.361. The molecule has 0 saturated carbocycles. The number of hydrogen-bond acceptors (Lipinski definition) is 3. The molecule has 1 aromatic rings. The maximum absolute atomic E-state index is 12.6. The molecule has 6 heteroatoms. The maximum atomic E-state index is 12.6. The summed E-state index contributed by atoms with van der Waals surface area (Å²) in [6.45, 7) is 3.02. The van der Waals surface area contributed by atoms with Crippen molar-refractivity contribution < 1.29 is 27.5 Å². The Morgan fingerprint density at radius 1 is 1.28 bits per heavy atom. The molecule has 96 valence electrons. The first-order valence-corrected chi connectivity index (χ1v) is 4.86. The minimum absolute atomic E-state index is 0.237. The number of alkyl halides is 3. The molecule has 0 radical (unpaired) electrons. The Hall–Kier alpha value is -2.11. The predicted molar refractivity (Wildman–Crippen MR) is 56.9 cm³/mol. The second-order valence-corrected chi connectivity index (χ2v) is 3.26. The Kier molecular flexibility index (Phi) is 4.25. The van der Waals surface area contributed by atoms with E-state index in [-0.39, 0.29) is 6.61 Å². The van der Waals surface area contributed by atoms with Gasteiger partial charge in [-0.2, -0.15) is 13.2 Å². The van der Waals surface area contributed by atoms with E-state index in [1.165, 1.54) is 12.1 Å². The van der Waals surface area contributed by atoms with Gasteiger partial charge in [0.15, 0.2) is 0 Å². The summed E-state index contributed by atoms with van der Waals surface area (Å²) in [5.74, 6) is -2.67. The Morgan fingerprint density at radius 2 is 1.89 bits per heavy atom. The summed E-state index contributed by atoms with van der Waals surface area (Å²) < 4.78 is 42.2. The third kappa shape index (κ3) is 3.19. The molecule has 1 aromatic carbocycles. The molecular formula is C12H9F3O3. The highest BCUT2D eigenvalue weighted by Crippen LogP contribution is 2.32. The number of ketones is 1. The van der Waals surface area contributed by atoms with Gasteiger partial charge in [-0.15, -0.1) is 0 Å². The third-order valence-electron chi connectivity index (χ3n) is 1.99. The summed E-state index contributed by atoms with van der Waals surface area (Å²) >= 11 is 0. The van der Waals surface area contributed by atoms with Crippen LogP contribution in [0, 0.1) is 0 Å². The van der Waals surface area contributed by atoms with Crippen molar-refractivity contribution in [2.45, 2.75) is 6.18 Å². The van der Waals surface area contributed by atoms with Crippen LogP contribution in [0.2, 0.25) is 0 Å². The molecule has 0 amide bonds. The lowest BCUT2D eigenvalue weighted by molar-refractivity contribution is -0.138. The molecule has 0 aliphatic heterocycles. The first-order chi connectivity index (χ1) is 8.38. The molecule has 0 aliphatic rings. The lowest BCUT2D eigenvalue weighted by atomic mass is 10.0. The van der Waals surface area contributed by atoms with Gasteiger partial charge < -0.3 is 4.74 Å². The predicted octanol–water partition coefficient (Wildman–Crippen LogP) is 2.62. The van der Waals surface area contributed by atoms with Crippen molar-refractivity contribution in [1.29, 1.82) is 0 Å². The maximum Gasteiger partial charge on any atom is 0.417 e. The minimum Gasteiger partial charge on any atom is -0.455 e. The second kappa shape index (κ2) is 5.48. The van der Waals surface area contributed by atoms with Crippen LogP contribution >= 0.6 is 0 Å². The average molecular weight is 258 g/mol. The van der Waals surface area contributed by atoms with Gasteiger partial charge in [-0.1, -0.05) is 30.9 Å². The zero-order valence-electron chi connectivity index (χ0n) is 9.16. The topological polar surface area (TPSA) is 43.4 Å². The van der Waals surface area contributed by atoms with E-state index in [9.17, 15) is 22.8 Å². The minimum atomic E-state index is -4.70. The lowest BCUT2D eigenvalue weighted by Crippen LogP contribution is -2.21. The number of rotatable bonds is 4. The SMILES string of the molecule is C=CCOC(=O)C(=O)c1ccccc1C(F)(F)F. The van der Waals surface area contributed by atoms with Crippen LogP contribution in [0.4, 0.5) is 13.2 Å². The van der Waals surface area contributed by atoms with Crippen molar-refractivity contribution in [3.63, 3.8) is 0 Å². The summed E-state index contributed by atoms with van der Waals surface area (Å²) in [4.78, 5) is 22.7. The molecule has 0 aliphatic carbocycles. The van der Waals surface area contributed by atoms with Crippen molar-refractivity contribution in [2.75, 3.05) is 6.61 Å². The smallest absolute Gasteiger partial charge is 0.417 e. The van der Waals surface area contributed by atoms with Gasteiger partial charge in [-0.25, -0.2) is 4.79 Å². The Balaban J connectivity index is 3.06. The highest BCUT2D eigenvalue weighted by Gasteiger charge is 2.36. The van der Waals surface area contributed by atoms with Gasteiger partial charge in [0.2, 0.25) is 0 Å². The Bertz CT molecular complexity index is 478. The number of hydrogen-bond donors (Lipinski definition) is 0. The molecule has 0 N–H and O–H groups in total. The fourth-order valence-corrected chi connectivity index (χ4v) is 1.24. The van der Waals surface area contributed by atoms with Gasteiger partial charge in [-0.3, -0.25) is 4.79 Å². The van der Waals surface area contributed by atoms with Crippen LogP contribution in [-0.4, -0.2) is 18.4 Å². The van der Waals surface area contributed by atoms with Crippen molar-refractivity contribution in [3.05, 3.63) is 48.0 Å². The monoisotopic (exact) mass is 258 g/mol. The number of carbonyl (C=O) groups is 2. The highest BCUT2D eigenvalue weighted by molar-refractivity contribution is 6.41. The lowest BCUT2D eigenvalue weighted by Gasteiger charge is -2.10. The van der Waals surface area contributed by atoms with Crippen LogP contribution in [0.25, 0.3) is 0 Å². The fraction of sp³-hybridized carbons (Fsp3) is 0.167. The van der Waals surface area contributed by atoms with Crippen molar-refractivity contribution in [2.24, 2.45) is 0 Å². The first kappa shape index (κ1) is 14.0. The van der Waals surface area contributed by atoms with Crippen LogP contribution in [0.15, 0.2) is 36.9 Å². The van der Waals surface area contributed by atoms with E-state index in [0.29, 0.717) is 0 Å². The summed E-state index contributed by atoms with van der Waals surface area (Å²) in [5, 5.41) is 0. The van der Waals surface area contributed by atoms with E-state index >= 15 is 0 Å². The Labute approximate surface area is 101 Å². The zero-order chi connectivity index (χ0) is 13.8. The normalized spacial score (nSPS) is 10.8. The molecule has 0 heterocycles. The van der Waals surface area contributed by atoms with Crippen LogP contribution in [0.1, 0.15) is 15.9 Å². The van der Waals surface area contributed by atoms with Gasteiger partial charge in [0, 0.05) is 5.56 Å². The third-order valence-corrected chi connectivity index (χ3v) is 1.99. The number of ether oxygens (including phenoxy) is 1. The van der Waals surface area contributed by atoms with Gasteiger partial charge in [0.1, 0.15) is 6.61 Å². The molecule has 1 rings (SSSR count). The van der Waals surface area contributed by atoms with Crippen molar-refractivity contribution in [1.82, 2.24) is 0 Å². The van der Waals surface area contributed by atoms with Gasteiger partial charge in [-0.05, 0) is 6.07 Å². The molecule has 0 spiro atoms. The van der Waals surface area contributed by atoms with Crippen LogP contribution < -0.4 is 0 Å². The van der Waals surface area contributed by atoms with Gasteiger partial charge in [0.05, 0.1) is 5.56 Å². The summed E-state index contributed by atoms with van der Waals surface area (Å²) in [5.41, 5.74) is -1.88. The number of esters is 1. The van der Waals surface area contributed by atoms with Crippen LogP contribution in [-0.2, 0) is 15.7 Å². The zero-order valence-corrected chi connectivity index (χ0v) is 9.16. The average Bonchev–Trinajstić information content (AvgIpc) is 2.34. The first-order valence-electron chi connectivity index (χ1n) is 4.86. The van der Waals surface area contributed by atoms with E-state index in [1.54, 1.807) is 0 Å². The molecule has 0 aromatic heterocycles. The van der Waals surface area contributed by atoms with E-state index in [0.717, 1.165) is 18.2 Å². The van der Waals surface area contributed by atoms with E-state index in [1.807, 2.05) is 0 Å². The van der Waals surface area contributed by atoms with Crippen molar-refractivity contribution in [3.8, 4) is 0 Å². The molecule has 0 unspecified atom stereocenters. The summed E-state index contributed by atoms with van der Waals surface area (Å²) in [7, 11) is 0. The standard InChI is InChI=1S/C12H9F3O3/c1-2-7-18-11(17)10(16)8-5-3-4-6-9(8)12(13,14)15/h2-6H,1,7H2. The Morgan fingerprint density at radius 3 is 2.44 bits per heavy atom.